The van der Waals surface area contributed by atoms with Gasteiger partial charge in [-0.25, -0.2) is 23.5 Å². The van der Waals surface area contributed by atoms with Gasteiger partial charge in [0.1, 0.15) is 17.6 Å². The number of nitrogens with zero attached hydrogens (tertiary/aromatic N) is 3. The van der Waals surface area contributed by atoms with Crippen LogP contribution in [0.1, 0.15) is 52.5 Å². The number of hydrogen-bond donors (Lipinski definition) is 5. The highest BCUT2D eigenvalue weighted by Gasteiger charge is 2.46. The van der Waals surface area contributed by atoms with E-state index in [4.69, 9.17) is 4.42 Å². The molecule has 0 radical (unpaired) electrons. The van der Waals surface area contributed by atoms with Crippen molar-refractivity contribution >= 4 is 52.0 Å². The molecule has 5 N–H and O–H groups in total. The van der Waals surface area contributed by atoms with Crippen LogP contribution in [0.4, 0.5) is 44.1 Å². The molecule has 2 aliphatic rings. The van der Waals surface area contributed by atoms with Crippen molar-refractivity contribution in [3.05, 3.63) is 76.8 Å². The van der Waals surface area contributed by atoms with Gasteiger partial charge in [-0.1, -0.05) is 6.07 Å². The van der Waals surface area contributed by atoms with Crippen LogP contribution in [0.15, 0.2) is 47.1 Å². The highest BCUT2D eigenvalue weighted by atomic mass is 19.4. The third kappa shape index (κ3) is 6.99. The van der Waals surface area contributed by atoms with Crippen molar-refractivity contribution in [3.63, 3.8) is 0 Å². The minimum absolute atomic E-state index is 0.0242. The molecule has 2 aromatic carbocycles. The number of carbonyl (C=O) groups excluding carboxylic acids is 4. The first-order valence-corrected chi connectivity index (χ1v) is 15.4. The van der Waals surface area contributed by atoms with Gasteiger partial charge in [0.25, 0.3) is 5.91 Å². The Bertz CT molecular complexity index is 1980. The molecular formula is C32H29F5N8O5. The van der Waals surface area contributed by atoms with Gasteiger partial charge >= 0.3 is 12.2 Å². The third-order valence-electron chi connectivity index (χ3n) is 8.30. The van der Waals surface area contributed by atoms with Crippen LogP contribution in [-0.2, 0) is 16.1 Å². The first-order valence-electron chi connectivity index (χ1n) is 15.4. The summed E-state index contributed by atoms with van der Waals surface area (Å²) < 4.78 is 74.8. The Kier molecular flexibility index (Phi) is 9.27. The number of piperidine rings is 1. The Morgan fingerprint density at radius 3 is 2.56 bits per heavy atom. The molecule has 6 rings (SSSR count). The number of alkyl halides is 3. The Morgan fingerprint density at radius 2 is 1.84 bits per heavy atom. The van der Waals surface area contributed by atoms with Gasteiger partial charge in [-0.3, -0.25) is 19.7 Å². The Morgan fingerprint density at radius 1 is 1.10 bits per heavy atom. The minimum atomic E-state index is -5.04. The number of imide groups is 1. The summed E-state index contributed by atoms with van der Waals surface area (Å²) in [6.45, 7) is 2.32. The minimum Gasteiger partial charge on any atom is -0.455 e. The van der Waals surface area contributed by atoms with Gasteiger partial charge in [0.15, 0.2) is 17.4 Å². The van der Waals surface area contributed by atoms with Gasteiger partial charge in [-0.15, -0.1) is 0 Å². The van der Waals surface area contributed by atoms with E-state index in [1.54, 1.807) is 17.4 Å². The first-order chi connectivity index (χ1) is 23.8. The average molecular weight is 701 g/mol. The monoisotopic (exact) mass is 700 g/mol. The standard InChI is InChI=1S/C32H29F5N8O5/c1-15-19-10-16(33)11-21(34)26(19)50-25(15)27(32(35,36)37)44-31(49)42-17-12-40-30(41-13-17)39-9-3-8-38-22-5-2-4-18-20(22)14-45(29(18)48)23-6-7-24(46)43-28(23)47/h2,4-5,10-13,23,27,38H,3,6-9,14H2,1H3,(H,39,40,41)(H2,42,44,49)(H,43,46,47)/t23?,27-/m1/s1. The van der Waals surface area contributed by atoms with Crippen molar-refractivity contribution in [2.45, 2.75) is 51.0 Å². The molecule has 4 aromatic rings. The second-order valence-electron chi connectivity index (χ2n) is 11.7. The molecule has 18 heteroatoms. The highest BCUT2D eigenvalue weighted by Crippen LogP contribution is 2.39. The molecule has 1 fully saturated rings. The molecule has 0 spiro atoms. The summed E-state index contributed by atoms with van der Waals surface area (Å²) >= 11 is 0. The molecule has 2 atom stereocenters. The van der Waals surface area contributed by atoms with Crippen LogP contribution in [0.3, 0.4) is 0 Å². The predicted octanol–water partition coefficient (Wildman–Crippen LogP) is 4.91. The molecule has 0 saturated carbocycles. The maximum atomic E-state index is 14.1. The summed E-state index contributed by atoms with van der Waals surface area (Å²) in [6.07, 6.45) is -1.68. The molecule has 1 unspecified atom stereocenters. The molecule has 0 bridgehead atoms. The number of fused-ring (bicyclic) bond motifs is 2. The number of benzene rings is 2. The molecule has 50 heavy (non-hydrogen) atoms. The Hall–Kier alpha value is -5.81. The van der Waals surface area contributed by atoms with Gasteiger partial charge in [0.2, 0.25) is 17.8 Å². The SMILES string of the molecule is Cc1c([C@@H](NC(=O)Nc2cnc(NCCCNc3cccc4c3CN(C3CCC(=O)NC3=O)C4=O)nc2)C(F)(F)F)oc2c(F)cc(F)cc12. The number of anilines is 3. The first kappa shape index (κ1) is 34.1. The van der Waals surface area contributed by atoms with Gasteiger partial charge in [-0.05, 0) is 38.0 Å². The van der Waals surface area contributed by atoms with E-state index in [1.807, 2.05) is 6.07 Å². The van der Waals surface area contributed by atoms with E-state index in [0.717, 1.165) is 17.3 Å². The van der Waals surface area contributed by atoms with Crippen LogP contribution < -0.4 is 26.6 Å². The zero-order valence-electron chi connectivity index (χ0n) is 26.2. The smallest absolute Gasteiger partial charge is 0.416 e. The summed E-state index contributed by atoms with van der Waals surface area (Å²) in [5.74, 6) is -3.91. The molecule has 5 amide bonds. The van der Waals surface area contributed by atoms with Crippen molar-refractivity contribution in [1.82, 2.24) is 25.5 Å². The third-order valence-corrected chi connectivity index (χ3v) is 8.30. The number of aromatic nitrogens is 2. The largest absolute Gasteiger partial charge is 0.455 e. The van der Waals surface area contributed by atoms with Crippen molar-refractivity contribution in [1.29, 1.82) is 0 Å². The molecule has 2 aromatic heterocycles. The van der Waals surface area contributed by atoms with E-state index < -0.39 is 53.2 Å². The van der Waals surface area contributed by atoms with Crippen molar-refractivity contribution in [2.75, 3.05) is 29.0 Å². The van der Waals surface area contributed by atoms with Crippen LogP contribution in [0.25, 0.3) is 11.0 Å². The number of aryl methyl sites for hydroxylation is 1. The van der Waals surface area contributed by atoms with Crippen molar-refractivity contribution in [2.24, 2.45) is 0 Å². The Labute approximate surface area is 280 Å². The average Bonchev–Trinajstić information content (AvgIpc) is 3.56. The number of carbonyl (C=O) groups is 4. The zero-order chi connectivity index (χ0) is 35.7. The molecule has 13 nitrogen and oxygen atoms in total. The van der Waals surface area contributed by atoms with Crippen LogP contribution in [-0.4, -0.2) is 63.9 Å². The summed E-state index contributed by atoms with van der Waals surface area (Å²) in [5, 5.41) is 12.3. The second-order valence-corrected chi connectivity index (χ2v) is 11.7. The fourth-order valence-corrected chi connectivity index (χ4v) is 5.88. The van der Waals surface area contributed by atoms with E-state index in [9.17, 15) is 41.1 Å². The number of amides is 5. The van der Waals surface area contributed by atoms with Gasteiger partial charge in [0, 0.05) is 59.9 Å². The highest BCUT2D eigenvalue weighted by molar-refractivity contribution is 6.06. The van der Waals surface area contributed by atoms with E-state index in [2.05, 4.69) is 31.2 Å². The lowest BCUT2D eigenvalue weighted by molar-refractivity contribution is -0.158. The molecular weight excluding hydrogens is 671 g/mol. The Balaban J connectivity index is 0.991. The van der Waals surface area contributed by atoms with Crippen LogP contribution >= 0.6 is 0 Å². The number of urea groups is 1. The second kappa shape index (κ2) is 13.6. The lowest BCUT2D eigenvalue weighted by Gasteiger charge is -2.29. The van der Waals surface area contributed by atoms with Gasteiger partial charge in [0.05, 0.1) is 18.1 Å². The van der Waals surface area contributed by atoms with Crippen LogP contribution in [0, 0.1) is 18.6 Å². The van der Waals surface area contributed by atoms with Crippen molar-refractivity contribution in [3.8, 4) is 0 Å². The summed E-state index contributed by atoms with van der Waals surface area (Å²) in [7, 11) is 0. The fourth-order valence-electron chi connectivity index (χ4n) is 5.88. The maximum absolute atomic E-state index is 14.1. The van der Waals surface area contributed by atoms with E-state index >= 15 is 0 Å². The maximum Gasteiger partial charge on any atom is 0.416 e. The van der Waals surface area contributed by atoms with Crippen LogP contribution in [0.2, 0.25) is 0 Å². The quantitative estimate of drug-likeness (QED) is 0.0877. The normalized spacial score (nSPS) is 16.6. The van der Waals surface area contributed by atoms with Gasteiger partial charge < -0.3 is 30.6 Å². The number of hydrogen-bond acceptors (Lipinski definition) is 9. The van der Waals surface area contributed by atoms with Crippen molar-refractivity contribution < 1.29 is 45.5 Å². The number of furan rings is 1. The summed E-state index contributed by atoms with van der Waals surface area (Å²) in [5.41, 5.74) is 1.20. The number of rotatable bonds is 10. The number of nitrogens with one attached hydrogen (secondary N) is 5. The number of halogens is 5. The van der Waals surface area contributed by atoms with E-state index in [-0.39, 0.29) is 53.8 Å². The van der Waals surface area contributed by atoms with Crippen LogP contribution in [0.5, 0.6) is 0 Å². The van der Waals surface area contributed by atoms with Gasteiger partial charge in [-0.2, -0.15) is 13.2 Å². The summed E-state index contributed by atoms with van der Waals surface area (Å²) in [4.78, 5) is 59.0. The molecule has 262 valence electrons. The fraction of sp³-hybridized carbons (Fsp3) is 0.312. The molecule has 2 aliphatic heterocycles. The molecule has 4 heterocycles. The summed E-state index contributed by atoms with van der Waals surface area (Å²) in [6, 6.07) is 1.92. The lowest BCUT2D eigenvalue weighted by Crippen LogP contribution is -2.52. The van der Waals surface area contributed by atoms with E-state index in [0.29, 0.717) is 31.1 Å². The van der Waals surface area contributed by atoms with E-state index in [1.165, 1.54) is 24.2 Å². The predicted molar refractivity (Wildman–Crippen MR) is 168 cm³/mol. The molecule has 1 saturated heterocycles. The molecule has 0 aliphatic carbocycles. The topological polar surface area (TPSA) is 171 Å². The zero-order valence-corrected chi connectivity index (χ0v) is 26.2. The lowest BCUT2D eigenvalue weighted by atomic mass is 10.0.